The zero-order valence-corrected chi connectivity index (χ0v) is 11.0. The molecule has 0 amide bonds. The van der Waals surface area contributed by atoms with Crippen LogP contribution in [0.2, 0.25) is 0 Å². The maximum Gasteiger partial charge on any atom is 0.362 e. The fourth-order valence-electron chi connectivity index (χ4n) is 1.18. The molecule has 6 N–H and O–H groups in total. The van der Waals surface area contributed by atoms with E-state index in [9.17, 15) is 19.2 Å². The molecule has 0 aromatic carbocycles. The summed E-state index contributed by atoms with van der Waals surface area (Å²) in [4.78, 5) is 46.6. The third-order valence-electron chi connectivity index (χ3n) is 1.92. The Morgan fingerprint density at radius 3 is 1.60 bits per heavy atom. The molecule has 0 aliphatic heterocycles. The number of rotatable bonds is 9. The van der Waals surface area contributed by atoms with Gasteiger partial charge in [0.25, 0.3) is 6.29 Å². The third-order valence-corrected chi connectivity index (χ3v) is 1.92. The van der Waals surface area contributed by atoms with Crippen molar-refractivity contribution in [2.75, 3.05) is 0 Å². The first-order chi connectivity index (χ1) is 8.64. The van der Waals surface area contributed by atoms with Crippen molar-refractivity contribution >= 4 is 23.9 Å². The van der Waals surface area contributed by atoms with Gasteiger partial charge in [0.05, 0.1) is 12.8 Å². The van der Waals surface area contributed by atoms with Crippen LogP contribution in [0.25, 0.3) is 0 Å². The molecule has 0 radical (unpaired) electrons. The molecule has 11 nitrogen and oxygen atoms in total. The minimum absolute atomic E-state index is 0. The van der Waals surface area contributed by atoms with Crippen LogP contribution in [0.1, 0.15) is 12.8 Å². The molecule has 0 bridgehead atoms. The van der Waals surface area contributed by atoms with Crippen molar-refractivity contribution in [1.29, 1.82) is 0 Å². The Balaban J connectivity index is 0. The van der Waals surface area contributed by atoms with Gasteiger partial charge in [-0.05, 0) is 0 Å². The van der Waals surface area contributed by atoms with Gasteiger partial charge in [0.2, 0.25) is 0 Å². The summed E-state index contributed by atoms with van der Waals surface area (Å²) in [6.07, 6.45) is -4.90. The van der Waals surface area contributed by atoms with E-state index in [0.717, 1.165) is 0 Å². The van der Waals surface area contributed by atoms with Crippen LogP contribution in [-0.2, 0) is 46.1 Å². The van der Waals surface area contributed by atoms with Crippen LogP contribution in [0.15, 0.2) is 0 Å². The van der Waals surface area contributed by atoms with Crippen molar-refractivity contribution in [2.24, 2.45) is 5.90 Å². The SMILES string of the molecule is NOC(OC(CC(=O)O)(CC(=O)O)C(=O)O)C(=O)O.[Cr]. The topological polar surface area (TPSA) is 194 Å². The molecule has 0 aromatic heterocycles. The van der Waals surface area contributed by atoms with E-state index < -0.39 is 48.6 Å². The van der Waals surface area contributed by atoms with Crippen molar-refractivity contribution in [1.82, 2.24) is 0 Å². The molecular formula is C8H11CrNO10. The Morgan fingerprint density at radius 1 is 1.00 bits per heavy atom. The van der Waals surface area contributed by atoms with E-state index in [4.69, 9.17) is 20.4 Å². The largest absolute Gasteiger partial charge is 0.481 e. The fraction of sp³-hybridized carbons (Fsp3) is 0.500. The Hall–Kier alpha value is -1.71. The van der Waals surface area contributed by atoms with Crippen molar-refractivity contribution < 1.29 is 66.5 Å². The Kier molecular flexibility index (Phi) is 8.72. The summed E-state index contributed by atoms with van der Waals surface area (Å²) in [5, 5.41) is 34.6. The van der Waals surface area contributed by atoms with Crippen molar-refractivity contribution in [3.05, 3.63) is 0 Å². The van der Waals surface area contributed by atoms with E-state index in [1.807, 2.05) is 0 Å². The summed E-state index contributed by atoms with van der Waals surface area (Å²) >= 11 is 0. The van der Waals surface area contributed by atoms with Crippen LogP contribution in [-0.4, -0.2) is 56.2 Å². The zero-order chi connectivity index (χ0) is 15.2. The van der Waals surface area contributed by atoms with Crippen molar-refractivity contribution in [3.8, 4) is 0 Å². The van der Waals surface area contributed by atoms with E-state index >= 15 is 0 Å². The summed E-state index contributed by atoms with van der Waals surface area (Å²) in [7, 11) is 0. The number of hydrogen-bond acceptors (Lipinski definition) is 7. The van der Waals surface area contributed by atoms with Crippen LogP contribution in [0, 0.1) is 0 Å². The first kappa shape index (κ1) is 20.6. The number of aliphatic carboxylic acids is 4. The molecule has 0 spiro atoms. The van der Waals surface area contributed by atoms with Gasteiger partial charge in [-0.1, -0.05) is 0 Å². The van der Waals surface area contributed by atoms with Crippen LogP contribution < -0.4 is 5.90 Å². The van der Waals surface area contributed by atoms with E-state index in [-0.39, 0.29) is 17.4 Å². The summed E-state index contributed by atoms with van der Waals surface area (Å²) in [6, 6.07) is 0. The maximum absolute atomic E-state index is 11.0. The van der Waals surface area contributed by atoms with Gasteiger partial charge < -0.3 is 25.2 Å². The third kappa shape index (κ3) is 5.96. The van der Waals surface area contributed by atoms with Crippen LogP contribution in [0.5, 0.6) is 0 Å². The maximum atomic E-state index is 11.0. The molecule has 114 valence electrons. The van der Waals surface area contributed by atoms with E-state index in [1.54, 1.807) is 0 Å². The number of carboxylic acids is 4. The van der Waals surface area contributed by atoms with Gasteiger partial charge in [0.15, 0.2) is 5.60 Å². The van der Waals surface area contributed by atoms with E-state index in [1.165, 1.54) is 0 Å². The zero-order valence-electron chi connectivity index (χ0n) is 9.72. The van der Waals surface area contributed by atoms with Gasteiger partial charge in [0, 0.05) is 17.4 Å². The smallest absolute Gasteiger partial charge is 0.362 e. The number of carboxylic acid groups (broad SMARTS) is 4. The standard InChI is InChI=1S/C8H11NO10.Cr/c9-19-6(5(14)15)18-8(7(16)17,1-3(10)11)2-4(12)13;/h6H,1-2,9H2,(H,10,11)(H,12,13)(H,14,15)(H,16,17);. The summed E-state index contributed by atoms with van der Waals surface area (Å²) in [5.74, 6) is -2.67. The van der Waals surface area contributed by atoms with E-state index in [0.29, 0.717) is 0 Å². The molecule has 0 saturated carbocycles. The van der Waals surface area contributed by atoms with Gasteiger partial charge in [-0.3, -0.25) is 14.4 Å². The number of hydrogen-bond donors (Lipinski definition) is 5. The molecule has 0 aliphatic carbocycles. The molecule has 12 heteroatoms. The molecule has 0 aromatic rings. The quantitative estimate of drug-likeness (QED) is 0.233. The Bertz CT molecular complexity index is 381. The molecular weight excluding hydrogens is 322 g/mol. The molecule has 0 saturated heterocycles. The minimum atomic E-state index is -2.82. The molecule has 0 fully saturated rings. The predicted molar refractivity (Wildman–Crippen MR) is 52.7 cm³/mol. The van der Waals surface area contributed by atoms with Crippen molar-refractivity contribution in [3.63, 3.8) is 0 Å². The number of nitrogens with two attached hydrogens (primary N) is 1. The average molecular weight is 333 g/mol. The first-order valence-electron chi connectivity index (χ1n) is 4.58. The van der Waals surface area contributed by atoms with Gasteiger partial charge >= 0.3 is 23.9 Å². The van der Waals surface area contributed by atoms with Crippen LogP contribution in [0.3, 0.4) is 0 Å². The van der Waals surface area contributed by atoms with Crippen LogP contribution >= 0.6 is 0 Å². The first-order valence-corrected chi connectivity index (χ1v) is 4.58. The van der Waals surface area contributed by atoms with Gasteiger partial charge in [0.1, 0.15) is 0 Å². The van der Waals surface area contributed by atoms with Gasteiger partial charge in [-0.25, -0.2) is 15.5 Å². The second-order valence-electron chi connectivity index (χ2n) is 3.36. The second-order valence-corrected chi connectivity index (χ2v) is 3.36. The normalized spacial score (nSPS) is 12.1. The summed E-state index contributed by atoms with van der Waals surface area (Å²) in [5.41, 5.74) is -2.82. The fourth-order valence-corrected chi connectivity index (χ4v) is 1.18. The van der Waals surface area contributed by atoms with Crippen LogP contribution in [0.4, 0.5) is 0 Å². The molecule has 0 rings (SSSR count). The molecule has 1 atom stereocenters. The number of carbonyl (C=O) groups is 4. The van der Waals surface area contributed by atoms with Gasteiger partial charge in [-0.2, -0.15) is 0 Å². The molecule has 1 unspecified atom stereocenters. The number of ether oxygens (including phenoxy) is 1. The van der Waals surface area contributed by atoms with E-state index in [2.05, 4.69) is 15.5 Å². The minimum Gasteiger partial charge on any atom is -0.481 e. The monoisotopic (exact) mass is 333 g/mol. The van der Waals surface area contributed by atoms with Crippen molar-refractivity contribution in [2.45, 2.75) is 24.7 Å². The Labute approximate surface area is 122 Å². The Morgan fingerprint density at radius 2 is 1.40 bits per heavy atom. The average Bonchev–Trinajstić information content (AvgIpc) is 2.22. The molecule has 20 heavy (non-hydrogen) atoms. The summed E-state index contributed by atoms with van der Waals surface area (Å²) < 4.78 is 4.42. The summed E-state index contributed by atoms with van der Waals surface area (Å²) in [6.45, 7) is 0. The molecule has 0 aliphatic rings. The van der Waals surface area contributed by atoms with Gasteiger partial charge in [-0.15, -0.1) is 0 Å². The second kappa shape index (κ2) is 8.46. The predicted octanol–water partition coefficient (Wildman–Crippen LogP) is -1.93. The molecule has 0 heterocycles.